The summed E-state index contributed by atoms with van der Waals surface area (Å²) in [6.45, 7) is 8.09. The van der Waals surface area contributed by atoms with Crippen molar-refractivity contribution in [1.82, 2.24) is 5.32 Å². The minimum atomic E-state index is 0.0919. The van der Waals surface area contributed by atoms with Crippen LogP contribution in [0.5, 0.6) is 0 Å². The van der Waals surface area contributed by atoms with Crippen LogP contribution < -0.4 is 5.32 Å². The first kappa shape index (κ1) is 12.2. The Morgan fingerprint density at radius 2 is 1.83 bits per heavy atom. The van der Waals surface area contributed by atoms with E-state index in [2.05, 4.69) is 41.8 Å². The average Bonchev–Trinajstić information content (AvgIpc) is 1.98. The number of hydrogen-bond acceptors (Lipinski definition) is 1. The standard InChI is InChI=1S/C9H18INO/c1-6(2)8(5-10)11-9(12)7(3)4/h6-8H,5H2,1-4H3,(H,11,12). The lowest BCUT2D eigenvalue weighted by molar-refractivity contribution is -0.124. The molecule has 0 heterocycles. The van der Waals surface area contributed by atoms with Gasteiger partial charge in [0.25, 0.3) is 0 Å². The predicted molar refractivity (Wildman–Crippen MR) is 60.5 cm³/mol. The van der Waals surface area contributed by atoms with Crippen molar-refractivity contribution in [2.45, 2.75) is 33.7 Å². The van der Waals surface area contributed by atoms with Crippen LogP contribution in [0.3, 0.4) is 0 Å². The van der Waals surface area contributed by atoms with Gasteiger partial charge in [-0.1, -0.05) is 50.3 Å². The van der Waals surface area contributed by atoms with Crippen molar-refractivity contribution in [3.8, 4) is 0 Å². The molecule has 0 aliphatic carbocycles. The molecule has 72 valence electrons. The molecule has 0 bridgehead atoms. The van der Waals surface area contributed by atoms with Crippen molar-refractivity contribution in [3.05, 3.63) is 0 Å². The van der Waals surface area contributed by atoms with Crippen LogP contribution in [0.25, 0.3) is 0 Å². The molecule has 12 heavy (non-hydrogen) atoms. The molecule has 0 spiro atoms. The second-order valence-electron chi connectivity index (χ2n) is 3.67. The molecule has 0 aromatic rings. The fourth-order valence-electron chi connectivity index (χ4n) is 0.733. The highest BCUT2D eigenvalue weighted by Gasteiger charge is 2.16. The monoisotopic (exact) mass is 283 g/mol. The van der Waals surface area contributed by atoms with E-state index in [0.29, 0.717) is 12.0 Å². The van der Waals surface area contributed by atoms with Gasteiger partial charge in [0.05, 0.1) is 0 Å². The van der Waals surface area contributed by atoms with E-state index >= 15 is 0 Å². The van der Waals surface area contributed by atoms with Crippen LogP contribution in [0.15, 0.2) is 0 Å². The fraction of sp³-hybridized carbons (Fsp3) is 0.889. The van der Waals surface area contributed by atoms with Gasteiger partial charge in [0.1, 0.15) is 0 Å². The van der Waals surface area contributed by atoms with Crippen LogP contribution in [0.1, 0.15) is 27.7 Å². The van der Waals surface area contributed by atoms with Gasteiger partial charge < -0.3 is 5.32 Å². The molecule has 0 saturated carbocycles. The lowest BCUT2D eigenvalue weighted by Crippen LogP contribution is -2.41. The molecular formula is C9H18INO. The summed E-state index contributed by atoms with van der Waals surface area (Å²) in [5.41, 5.74) is 0. The van der Waals surface area contributed by atoms with Crippen LogP contribution in [0, 0.1) is 11.8 Å². The van der Waals surface area contributed by atoms with Gasteiger partial charge in [-0.05, 0) is 5.92 Å². The van der Waals surface area contributed by atoms with E-state index in [1.54, 1.807) is 0 Å². The normalized spacial score (nSPS) is 13.6. The Labute approximate surface area is 88.6 Å². The zero-order chi connectivity index (χ0) is 9.72. The van der Waals surface area contributed by atoms with E-state index in [1.165, 1.54) is 0 Å². The SMILES string of the molecule is CC(C)C(=O)NC(CI)C(C)C. The minimum absolute atomic E-state index is 0.0919. The van der Waals surface area contributed by atoms with Gasteiger partial charge in [0.15, 0.2) is 0 Å². The highest BCUT2D eigenvalue weighted by atomic mass is 127. The van der Waals surface area contributed by atoms with Crippen molar-refractivity contribution in [2.24, 2.45) is 11.8 Å². The predicted octanol–water partition coefficient (Wildman–Crippen LogP) is 2.22. The first-order chi connectivity index (χ1) is 5.49. The van der Waals surface area contributed by atoms with Gasteiger partial charge in [0, 0.05) is 16.4 Å². The number of carbonyl (C=O) groups is 1. The van der Waals surface area contributed by atoms with E-state index < -0.39 is 0 Å². The van der Waals surface area contributed by atoms with Crippen LogP contribution in [0.2, 0.25) is 0 Å². The zero-order valence-electron chi connectivity index (χ0n) is 8.23. The summed E-state index contributed by atoms with van der Waals surface area (Å²) in [5, 5.41) is 3.02. The van der Waals surface area contributed by atoms with Gasteiger partial charge in [-0.25, -0.2) is 0 Å². The first-order valence-corrected chi connectivity index (χ1v) is 5.88. The Morgan fingerprint density at radius 1 is 1.33 bits per heavy atom. The summed E-state index contributed by atoms with van der Waals surface area (Å²) in [6.07, 6.45) is 0. The van der Waals surface area contributed by atoms with Gasteiger partial charge in [0.2, 0.25) is 5.91 Å². The Kier molecular flexibility index (Phi) is 5.88. The molecule has 0 aromatic heterocycles. The number of rotatable bonds is 4. The summed E-state index contributed by atoms with van der Waals surface area (Å²) in [4.78, 5) is 11.3. The summed E-state index contributed by atoms with van der Waals surface area (Å²) >= 11 is 2.31. The third-order valence-corrected chi connectivity index (χ3v) is 2.77. The van der Waals surface area contributed by atoms with Crippen LogP contribution in [0.4, 0.5) is 0 Å². The van der Waals surface area contributed by atoms with Gasteiger partial charge in [-0.2, -0.15) is 0 Å². The second-order valence-corrected chi connectivity index (χ2v) is 4.55. The molecule has 1 unspecified atom stereocenters. The average molecular weight is 283 g/mol. The number of carbonyl (C=O) groups excluding carboxylic acids is 1. The van der Waals surface area contributed by atoms with E-state index in [0.717, 1.165) is 4.43 Å². The molecule has 0 radical (unpaired) electrons. The van der Waals surface area contributed by atoms with Crippen molar-refractivity contribution >= 4 is 28.5 Å². The summed E-state index contributed by atoms with van der Waals surface area (Å²) in [7, 11) is 0. The molecular weight excluding hydrogens is 265 g/mol. The number of halogens is 1. The molecule has 1 N–H and O–H groups in total. The van der Waals surface area contributed by atoms with E-state index in [1.807, 2.05) is 13.8 Å². The molecule has 3 heteroatoms. The Morgan fingerprint density at radius 3 is 2.08 bits per heavy atom. The molecule has 2 nitrogen and oxygen atoms in total. The molecule has 0 fully saturated rings. The van der Waals surface area contributed by atoms with Crippen molar-refractivity contribution < 1.29 is 4.79 Å². The Bertz CT molecular complexity index is 145. The number of nitrogens with one attached hydrogen (secondary N) is 1. The zero-order valence-corrected chi connectivity index (χ0v) is 10.4. The van der Waals surface area contributed by atoms with Crippen molar-refractivity contribution in [1.29, 1.82) is 0 Å². The summed E-state index contributed by atoms with van der Waals surface area (Å²) in [5.74, 6) is 0.768. The van der Waals surface area contributed by atoms with Gasteiger partial charge >= 0.3 is 0 Å². The van der Waals surface area contributed by atoms with E-state index in [-0.39, 0.29) is 11.8 Å². The molecule has 0 aromatic carbocycles. The topological polar surface area (TPSA) is 29.1 Å². The number of alkyl halides is 1. The largest absolute Gasteiger partial charge is 0.352 e. The number of amides is 1. The first-order valence-electron chi connectivity index (χ1n) is 4.35. The molecule has 1 amide bonds. The third-order valence-electron chi connectivity index (χ3n) is 1.82. The maximum absolute atomic E-state index is 11.3. The van der Waals surface area contributed by atoms with Gasteiger partial charge in [-0.15, -0.1) is 0 Å². The quantitative estimate of drug-likeness (QED) is 0.622. The highest BCUT2D eigenvalue weighted by molar-refractivity contribution is 14.1. The maximum atomic E-state index is 11.3. The smallest absolute Gasteiger partial charge is 0.222 e. The Hall–Kier alpha value is 0.200. The molecule has 0 saturated heterocycles. The van der Waals surface area contributed by atoms with Crippen LogP contribution in [-0.4, -0.2) is 16.4 Å². The van der Waals surface area contributed by atoms with E-state index in [4.69, 9.17) is 0 Å². The maximum Gasteiger partial charge on any atom is 0.222 e. The summed E-state index contributed by atoms with van der Waals surface area (Å²) in [6, 6.07) is 0.320. The van der Waals surface area contributed by atoms with Gasteiger partial charge in [-0.3, -0.25) is 4.79 Å². The van der Waals surface area contributed by atoms with Crippen molar-refractivity contribution in [3.63, 3.8) is 0 Å². The van der Waals surface area contributed by atoms with E-state index in [9.17, 15) is 4.79 Å². The fourth-order valence-corrected chi connectivity index (χ4v) is 1.97. The molecule has 0 aliphatic rings. The molecule has 1 atom stereocenters. The van der Waals surface area contributed by atoms with Crippen molar-refractivity contribution in [2.75, 3.05) is 4.43 Å². The number of hydrogen-bond donors (Lipinski definition) is 1. The lowest BCUT2D eigenvalue weighted by atomic mass is 10.1. The lowest BCUT2D eigenvalue weighted by Gasteiger charge is -2.20. The van der Waals surface area contributed by atoms with Crippen LogP contribution >= 0.6 is 22.6 Å². The third kappa shape index (κ3) is 4.28. The summed E-state index contributed by atoms with van der Waals surface area (Å²) < 4.78 is 0.980. The molecule has 0 rings (SSSR count). The molecule has 0 aliphatic heterocycles. The van der Waals surface area contributed by atoms with Crippen LogP contribution in [-0.2, 0) is 4.79 Å². The Balaban J connectivity index is 3.94. The second kappa shape index (κ2) is 5.78. The highest BCUT2D eigenvalue weighted by Crippen LogP contribution is 2.06. The minimum Gasteiger partial charge on any atom is -0.352 e.